The number of hydrogen-bond acceptors (Lipinski definition) is 2. The molecule has 3 nitrogen and oxygen atoms in total. The first kappa shape index (κ1) is 14.1. The Balaban J connectivity index is 2.83. The molecule has 0 aliphatic rings. The zero-order valence-electron chi connectivity index (χ0n) is 10.3. The maximum Gasteiger partial charge on any atom is 0.212 e. The molecule has 1 unspecified atom stereocenters. The minimum absolute atomic E-state index is 0.0890. The van der Waals surface area contributed by atoms with Gasteiger partial charge < -0.3 is 0 Å². The molecular formula is C12H18FNO2S. The SMILES string of the molecule is CCCS(=O)(=O)NC(C)c1ccc(C)c(F)c1. The maximum absolute atomic E-state index is 13.3. The normalized spacial score (nSPS) is 13.6. The van der Waals surface area contributed by atoms with Crippen molar-refractivity contribution in [3.05, 3.63) is 35.1 Å². The van der Waals surface area contributed by atoms with Gasteiger partial charge in [-0.05, 0) is 37.5 Å². The molecule has 17 heavy (non-hydrogen) atoms. The standard InChI is InChI=1S/C12H18FNO2S/c1-4-7-17(15,16)14-10(3)11-6-5-9(2)12(13)8-11/h5-6,8,10,14H,4,7H2,1-3H3. The highest BCUT2D eigenvalue weighted by Gasteiger charge is 2.15. The second kappa shape index (κ2) is 5.60. The molecule has 0 heterocycles. The van der Waals surface area contributed by atoms with Crippen LogP contribution in [0.25, 0.3) is 0 Å². The van der Waals surface area contributed by atoms with Gasteiger partial charge in [0.05, 0.1) is 5.75 Å². The molecule has 0 saturated carbocycles. The summed E-state index contributed by atoms with van der Waals surface area (Å²) in [5, 5.41) is 0. The van der Waals surface area contributed by atoms with Crippen LogP contribution in [0.2, 0.25) is 0 Å². The third-order valence-electron chi connectivity index (χ3n) is 2.53. The van der Waals surface area contributed by atoms with Gasteiger partial charge in [0.1, 0.15) is 5.82 Å². The van der Waals surface area contributed by atoms with Crippen molar-refractivity contribution in [2.45, 2.75) is 33.2 Å². The number of rotatable bonds is 5. The van der Waals surface area contributed by atoms with E-state index >= 15 is 0 Å². The highest BCUT2D eigenvalue weighted by Crippen LogP contribution is 2.17. The number of hydrogen-bond donors (Lipinski definition) is 1. The summed E-state index contributed by atoms with van der Waals surface area (Å²) >= 11 is 0. The van der Waals surface area contributed by atoms with Gasteiger partial charge in [-0.2, -0.15) is 0 Å². The van der Waals surface area contributed by atoms with Crippen molar-refractivity contribution in [1.29, 1.82) is 0 Å². The Morgan fingerprint density at radius 2 is 2.06 bits per heavy atom. The molecule has 1 N–H and O–H groups in total. The number of aryl methyl sites for hydroxylation is 1. The molecule has 0 aliphatic heterocycles. The van der Waals surface area contributed by atoms with Crippen LogP contribution in [0.5, 0.6) is 0 Å². The van der Waals surface area contributed by atoms with Crippen molar-refractivity contribution in [3.8, 4) is 0 Å². The molecule has 0 spiro atoms. The van der Waals surface area contributed by atoms with Crippen molar-refractivity contribution >= 4 is 10.0 Å². The molecule has 1 atom stereocenters. The van der Waals surface area contributed by atoms with Crippen LogP contribution in [0.15, 0.2) is 18.2 Å². The number of benzene rings is 1. The molecule has 0 radical (unpaired) electrons. The topological polar surface area (TPSA) is 46.2 Å². The lowest BCUT2D eigenvalue weighted by Crippen LogP contribution is -2.29. The van der Waals surface area contributed by atoms with Gasteiger partial charge in [-0.15, -0.1) is 0 Å². The van der Waals surface area contributed by atoms with Gasteiger partial charge >= 0.3 is 0 Å². The lowest BCUT2D eigenvalue weighted by Gasteiger charge is -2.14. The molecule has 0 aromatic heterocycles. The summed E-state index contributed by atoms with van der Waals surface area (Å²) in [6.07, 6.45) is 0.560. The number of sulfonamides is 1. The van der Waals surface area contributed by atoms with Gasteiger partial charge in [0.25, 0.3) is 0 Å². The van der Waals surface area contributed by atoms with E-state index in [1.54, 1.807) is 32.9 Å². The van der Waals surface area contributed by atoms with Crippen molar-refractivity contribution in [3.63, 3.8) is 0 Å². The summed E-state index contributed by atoms with van der Waals surface area (Å²) in [6, 6.07) is 4.34. The third-order valence-corrected chi connectivity index (χ3v) is 4.18. The van der Waals surface area contributed by atoms with Crippen LogP contribution in [-0.4, -0.2) is 14.2 Å². The second-order valence-corrected chi connectivity index (χ2v) is 6.04. The maximum atomic E-state index is 13.3. The summed E-state index contributed by atoms with van der Waals surface area (Å²) in [4.78, 5) is 0. The molecule has 96 valence electrons. The van der Waals surface area contributed by atoms with Gasteiger partial charge in [-0.3, -0.25) is 0 Å². The first-order valence-corrected chi connectivity index (χ1v) is 7.27. The van der Waals surface area contributed by atoms with E-state index in [0.29, 0.717) is 17.5 Å². The predicted octanol–water partition coefficient (Wildman–Crippen LogP) is 2.52. The van der Waals surface area contributed by atoms with Crippen LogP contribution in [0.4, 0.5) is 4.39 Å². The zero-order valence-corrected chi connectivity index (χ0v) is 11.1. The quantitative estimate of drug-likeness (QED) is 0.883. The zero-order chi connectivity index (χ0) is 13.1. The van der Waals surface area contributed by atoms with E-state index in [9.17, 15) is 12.8 Å². The van der Waals surface area contributed by atoms with Crippen LogP contribution in [0, 0.1) is 12.7 Å². The molecule has 1 aromatic rings. The smallest absolute Gasteiger partial charge is 0.212 e. The lowest BCUT2D eigenvalue weighted by molar-refractivity contribution is 0.563. The largest absolute Gasteiger partial charge is 0.212 e. The van der Waals surface area contributed by atoms with Crippen molar-refractivity contribution in [2.24, 2.45) is 0 Å². The Morgan fingerprint density at radius 3 is 2.59 bits per heavy atom. The van der Waals surface area contributed by atoms with E-state index in [2.05, 4.69) is 4.72 Å². The van der Waals surface area contributed by atoms with E-state index in [1.165, 1.54) is 6.07 Å². The molecule has 0 amide bonds. The molecule has 0 aliphatic carbocycles. The fourth-order valence-corrected chi connectivity index (χ4v) is 2.87. The summed E-state index contributed by atoms with van der Waals surface area (Å²) in [7, 11) is -3.27. The Bertz CT molecular complexity index is 485. The average Bonchev–Trinajstić information content (AvgIpc) is 2.21. The van der Waals surface area contributed by atoms with Gasteiger partial charge in [0.15, 0.2) is 0 Å². The van der Waals surface area contributed by atoms with Crippen LogP contribution >= 0.6 is 0 Å². The summed E-state index contributed by atoms with van der Waals surface area (Å²) in [5.74, 6) is -0.227. The molecule has 0 fully saturated rings. The van der Waals surface area contributed by atoms with Crippen LogP contribution < -0.4 is 4.72 Å². The number of nitrogens with one attached hydrogen (secondary N) is 1. The summed E-state index contributed by atoms with van der Waals surface area (Å²) in [6.45, 7) is 5.18. The van der Waals surface area contributed by atoms with Crippen molar-refractivity contribution in [2.75, 3.05) is 5.75 Å². The first-order valence-electron chi connectivity index (χ1n) is 5.61. The minimum Gasteiger partial charge on any atom is -0.212 e. The van der Waals surface area contributed by atoms with Crippen LogP contribution in [-0.2, 0) is 10.0 Å². The van der Waals surface area contributed by atoms with E-state index in [1.807, 2.05) is 0 Å². The molecule has 0 saturated heterocycles. The third kappa shape index (κ3) is 4.09. The fourth-order valence-electron chi connectivity index (χ4n) is 1.54. The van der Waals surface area contributed by atoms with Gasteiger partial charge in [0, 0.05) is 6.04 Å². The van der Waals surface area contributed by atoms with Gasteiger partial charge in [0.2, 0.25) is 10.0 Å². The van der Waals surface area contributed by atoms with E-state index < -0.39 is 16.1 Å². The monoisotopic (exact) mass is 259 g/mol. The van der Waals surface area contributed by atoms with E-state index in [-0.39, 0.29) is 11.6 Å². The Hall–Kier alpha value is -0.940. The van der Waals surface area contributed by atoms with Gasteiger partial charge in [-0.25, -0.2) is 17.5 Å². The Morgan fingerprint density at radius 1 is 1.41 bits per heavy atom. The minimum atomic E-state index is -3.27. The average molecular weight is 259 g/mol. The molecule has 1 rings (SSSR count). The Kier molecular flexibility index (Phi) is 4.65. The van der Waals surface area contributed by atoms with Crippen molar-refractivity contribution < 1.29 is 12.8 Å². The molecule has 1 aromatic carbocycles. The first-order chi connectivity index (χ1) is 7.85. The molecular weight excluding hydrogens is 241 g/mol. The van der Waals surface area contributed by atoms with E-state index in [0.717, 1.165) is 0 Å². The summed E-state index contributed by atoms with van der Waals surface area (Å²) in [5.41, 5.74) is 1.19. The van der Waals surface area contributed by atoms with Crippen LogP contribution in [0.3, 0.4) is 0 Å². The summed E-state index contributed by atoms with van der Waals surface area (Å²) < 4.78 is 39.0. The second-order valence-electron chi connectivity index (χ2n) is 4.17. The van der Waals surface area contributed by atoms with Gasteiger partial charge in [-0.1, -0.05) is 19.1 Å². The lowest BCUT2D eigenvalue weighted by atomic mass is 10.1. The van der Waals surface area contributed by atoms with Crippen molar-refractivity contribution in [1.82, 2.24) is 4.72 Å². The number of halogens is 1. The highest BCUT2D eigenvalue weighted by atomic mass is 32.2. The predicted molar refractivity (Wildman–Crippen MR) is 66.8 cm³/mol. The molecule has 5 heteroatoms. The fraction of sp³-hybridized carbons (Fsp3) is 0.500. The van der Waals surface area contributed by atoms with Crippen LogP contribution in [0.1, 0.15) is 37.4 Å². The highest BCUT2D eigenvalue weighted by molar-refractivity contribution is 7.89. The molecule has 0 bridgehead atoms. The van der Waals surface area contributed by atoms with E-state index in [4.69, 9.17) is 0 Å². The Labute approximate surface area is 102 Å².